The van der Waals surface area contributed by atoms with E-state index in [-0.39, 0.29) is 12.5 Å². The second kappa shape index (κ2) is 11.3. The highest BCUT2D eigenvalue weighted by Gasteiger charge is 2.22. The van der Waals surface area contributed by atoms with Crippen molar-refractivity contribution in [2.75, 3.05) is 27.3 Å². The van der Waals surface area contributed by atoms with Crippen molar-refractivity contribution in [2.45, 2.75) is 26.4 Å². The molecular formula is C31H29N5O5S2. The molecule has 6 aromatic rings. The highest BCUT2D eigenvalue weighted by Crippen LogP contribution is 2.38. The number of aromatic nitrogens is 4. The number of carbonyl (C=O) groups is 1. The zero-order valence-corrected chi connectivity index (χ0v) is 25.5. The van der Waals surface area contributed by atoms with Gasteiger partial charge in [-0.1, -0.05) is 19.1 Å². The molecule has 0 atom stereocenters. The number of hydrogen-bond acceptors (Lipinski definition) is 10. The third-order valence-electron chi connectivity index (χ3n) is 7.64. The number of rotatable bonds is 8. The molecule has 0 aliphatic carbocycles. The van der Waals surface area contributed by atoms with E-state index in [0.717, 1.165) is 47.6 Å². The molecule has 10 nitrogen and oxygen atoms in total. The maximum absolute atomic E-state index is 12.9. The van der Waals surface area contributed by atoms with Crippen LogP contribution in [0.4, 0.5) is 0 Å². The fourth-order valence-corrected chi connectivity index (χ4v) is 6.65. The molecular weight excluding hydrogens is 587 g/mol. The normalized spacial score (nSPS) is 14.1. The molecule has 0 saturated carbocycles. The maximum atomic E-state index is 12.9. The molecule has 7 rings (SSSR count). The number of imidazole rings is 1. The van der Waals surface area contributed by atoms with Crippen molar-refractivity contribution < 1.29 is 23.4 Å². The first kappa shape index (κ1) is 27.4. The van der Waals surface area contributed by atoms with Gasteiger partial charge in [0.15, 0.2) is 5.76 Å². The zero-order valence-electron chi connectivity index (χ0n) is 23.9. The minimum atomic E-state index is 0.100. The number of likely N-dealkylation sites (tertiary alicyclic amines) is 1. The van der Waals surface area contributed by atoms with Gasteiger partial charge in [-0.25, -0.2) is 14.5 Å². The topological polar surface area (TPSA) is 104 Å². The summed E-state index contributed by atoms with van der Waals surface area (Å²) < 4.78 is 24.8. The number of piperidine rings is 1. The Morgan fingerprint density at radius 3 is 2.63 bits per heavy atom. The molecule has 1 aliphatic rings. The standard InChI is InChI=1S/C31H29N5O5S2/c1-18-8-10-35(11-9-18)29(37)20-6-4-19(5-7-20)28-32-21(17-42-28)16-40-25-12-22(38-2)13-26-23(25)14-27(41-26)24-15-36-30(33-24)43-31(34-36)39-3/h4-7,12-15,17-18H,8-11,16H2,1-3H3. The van der Waals surface area contributed by atoms with E-state index in [2.05, 4.69) is 17.0 Å². The van der Waals surface area contributed by atoms with Crippen molar-refractivity contribution in [1.82, 2.24) is 24.5 Å². The summed E-state index contributed by atoms with van der Waals surface area (Å²) in [6.07, 6.45) is 3.93. The highest BCUT2D eigenvalue weighted by molar-refractivity contribution is 7.18. The van der Waals surface area contributed by atoms with Gasteiger partial charge >= 0.3 is 0 Å². The number of methoxy groups -OCH3 is 2. The van der Waals surface area contributed by atoms with Crippen molar-refractivity contribution >= 4 is 44.5 Å². The van der Waals surface area contributed by atoms with E-state index >= 15 is 0 Å². The fraction of sp³-hybridized carbons (Fsp3) is 0.290. The minimum Gasteiger partial charge on any atom is -0.496 e. The average Bonchev–Trinajstić information content (AvgIpc) is 3.82. The molecule has 1 amide bonds. The lowest BCUT2D eigenvalue weighted by Gasteiger charge is -2.30. The highest BCUT2D eigenvalue weighted by atomic mass is 32.1. The van der Waals surface area contributed by atoms with E-state index < -0.39 is 0 Å². The molecule has 1 saturated heterocycles. The van der Waals surface area contributed by atoms with Crippen LogP contribution in [0.1, 0.15) is 35.8 Å². The second-order valence-electron chi connectivity index (χ2n) is 10.6. The molecule has 12 heteroatoms. The molecule has 0 radical (unpaired) electrons. The predicted octanol–water partition coefficient (Wildman–Crippen LogP) is 6.80. The van der Waals surface area contributed by atoms with Crippen LogP contribution in [0, 0.1) is 5.92 Å². The summed E-state index contributed by atoms with van der Waals surface area (Å²) in [6.45, 7) is 4.17. The van der Waals surface area contributed by atoms with Gasteiger partial charge in [0.25, 0.3) is 11.1 Å². The molecule has 43 heavy (non-hydrogen) atoms. The van der Waals surface area contributed by atoms with Crippen LogP contribution >= 0.6 is 22.7 Å². The lowest BCUT2D eigenvalue weighted by Crippen LogP contribution is -2.37. The number of fused-ring (bicyclic) bond motifs is 2. The minimum absolute atomic E-state index is 0.100. The molecule has 220 valence electrons. The van der Waals surface area contributed by atoms with Gasteiger partial charge in [-0.15, -0.1) is 16.4 Å². The molecule has 1 aliphatic heterocycles. The van der Waals surface area contributed by atoms with Gasteiger partial charge in [-0.05, 0) is 48.3 Å². The predicted molar refractivity (Wildman–Crippen MR) is 165 cm³/mol. The van der Waals surface area contributed by atoms with Crippen molar-refractivity contribution in [1.29, 1.82) is 0 Å². The summed E-state index contributed by atoms with van der Waals surface area (Å²) in [5.41, 5.74) is 3.77. The Kier molecular flexibility index (Phi) is 7.23. The number of ether oxygens (including phenoxy) is 3. The van der Waals surface area contributed by atoms with Crippen molar-refractivity contribution in [3.05, 3.63) is 65.3 Å². The summed E-state index contributed by atoms with van der Waals surface area (Å²) >= 11 is 2.90. The molecule has 2 aromatic carbocycles. The van der Waals surface area contributed by atoms with E-state index in [1.54, 1.807) is 36.3 Å². The Balaban J connectivity index is 1.07. The third kappa shape index (κ3) is 5.43. The summed E-state index contributed by atoms with van der Waals surface area (Å²) in [5, 5.41) is 8.54. The summed E-state index contributed by atoms with van der Waals surface area (Å²) in [7, 11) is 3.19. The first-order valence-corrected chi connectivity index (χ1v) is 15.7. The van der Waals surface area contributed by atoms with E-state index in [4.69, 9.17) is 23.6 Å². The lowest BCUT2D eigenvalue weighted by molar-refractivity contribution is 0.0697. The van der Waals surface area contributed by atoms with E-state index in [9.17, 15) is 4.79 Å². The fourth-order valence-electron chi connectivity index (χ4n) is 5.14. The van der Waals surface area contributed by atoms with Crippen molar-refractivity contribution in [3.8, 4) is 38.7 Å². The Bertz CT molecular complexity index is 1880. The monoisotopic (exact) mass is 615 g/mol. The third-order valence-corrected chi connectivity index (χ3v) is 9.46. The molecule has 4 aromatic heterocycles. The van der Waals surface area contributed by atoms with Gasteiger partial charge < -0.3 is 23.5 Å². The van der Waals surface area contributed by atoms with Crippen LogP contribution < -0.4 is 14.2 Å². The van der Waals surface area contributed by atoms with Crippen LogP contribution in [0.15, 0.2) is 58.5 Å². The summed E-state index contributed by atoms with van der Waals surface area (Å²) in [4.78, 5) is 25.0. The van der Waals surface area contributed by atoms with Crippen LogP contribution in [0.5, 0.6) is 16.7 Å². The van der Waals surface area contributed by atoms with Crippen LogP contribution in [-0.2, 0) is 6.61 Å². The summed E-state index contributed by atoms with van der Waals surface area (Å²) in [6, 6.07) is 13.3. The largest absolute Gasteiger partial charge is 0.496 e. The Morgan fingerprint density at radius 2 is 1.88 bits per heavy atom. The Morgan fingerprint density at radius 1 is 1.07 bits per heavy atom. The number of amides is 1. The molecule has 0 bridgehead atoms. The van der Waals surface area contributed by atoms with Crippen LogP contribution in [0.3, 0.4) is 0 Å². The molecule has 0 spiro atoms. The maximum Gasteiger partial charge on any atom is 0.294 e. The SMILES string of the molecule is COc1cc(OCc2csc(-c3ccc(C(=O)N4CCC(C)CC4)cc3)n2)c2cc(-c3cn4nc(OC)sc4n3)oc2c1. The lowest BCUT2D eigenvalue weighted by atomic mass is 9.98. The first-order chi connectivity index (χ1) is 21.0. The quantitative estimate of drug-likeness (QED) is 0.184. The van der Waals surface area contributed by atoms with Crippen molar-refractivity contribution in [3.63, 3.8) is 0 Å². The molecule has 0 N–H and O–H groups in total. The molecule has 1 fully saturated rings. The Hall–Kier alpha value is -4.42. The smallest absolute Gasteiger partial charge is 0.294 e. The van der Waals surface area contributed by atoms with Gasteiger partial charge in [0.2, 0.25) is 4.96 Å². The van der Waals surface area contributed by atoms with Gasteiger partial charge in [-0.2, -0.15) is 0 Å². The zero-order chi connectivity index (χ0) is 29.5. The average molecular weight is 616 g/mol. The number of thiazole rings is 1. The Labute approximate surface area is 255 Å². The van der Waals surface area contributed by atoms with Gasteiger partial charge in [0.05, 0.1) is 31.5 Å². The number of furan rings is 1. The van der Waals surface area contributed by atoms with Crippen LogP contribution in [0.25, 0.3) is 38.0 Å². The van der Waals surface area contributed by atoms with E-state index in [1.165, 1.54) is 11.3 Å². The second-order valence-corrected chi connectivity index (χ2v) is 12.3. The van der Waals surface area contributed by atoms with Crippen molar-refractivity contribution in [2.24, 2.45) is 5.92 Å². The first-order valence-electron chi connectivity index (χ1n) is 14.0. The number of carbonyl (C=O) groups excluding carboxylic acids is 1. The summed E-state index contributed by atoms with van der Waals surface area (Å²) in [5.74, 6) is 2.62. The van der Waals surface area contributed by atoms with E-state index in [0.29, 0.717) is 50.2 Å². The van der Waals surface area contributed by atoms with Gasteiger partial charge in [-0.3, -0.25) is 4.79 Å². The van der Waals surface area contributed by atoms with Crippen LogP contribution in [-0.4, -0.2) is 57.7 Å². The number of benzene rings is 2. The van der Waals surface area contributed by atoms with Gasteiger partial charge in [0, 0.05) is 41.7 Å². The number of nitrogens with zero attached hydrogens (tertiary/aromatic N) is 5. The number of hydrogen-bond donors (Lipinski definition) is 0. The van der Waals surface area contributed by atoms with E-state index in [1.807, 2.05) is 52.7 Å². The van der Waals surface area contributed by atoms with Gasteiger partial charge in [0.1, 0.15) is 34.4 Å². The molecule has 0 unspecified atom stereocenters. The molecule has 5 heterocycles. The van der Waals surface area contributed by atoms with Crippen LogP contribution in [0.2, 0.25) is 0 Å².